The number of aromatic nitrogens is 4. The van der Waals surface area contributed by atoms with Gasteiger partial charge in [-0.2, -0.15) is 4.52 Å². The lowest BCUT2D eigenvalue weighted by Gasteiger charge is -2.38. The number of amides is 1. The topological polar surface area (TPSA) is 69.9 Å². The molecule has 0 unspecified atom stereocenters. The number of carbonyl (C=O) groups excluding carboxylic acids is 1. The Kier molecular flexibility index (Phi) is 6.34. The van der Waals surface area contributed by atoms with E-state index in [0.29, 0.717) is 5.91 Å². The lowest BCUT2D eigenvalue weighted by Crippen LogP contribution is -2.51. The Balaban J connectivity index is 1.05. The van der Waals surface area contributed by atoms with Crippen molar-refractivity contribution in [3.63, 3.8) is 0 Å². The first-order valence-electron chi connectivity index (χ1n) is 12.8. The molecule has 2 aliphatic heterocycles. The highest BCUT2D eigenvalue weighted by atomic mass is 16.2. The number of hydrogen-bond donors (Lipinski definition) is 0. The first-order valence-corrected chi connectivity index (χ1v) is 12.8. The van der Waals surface area contributed by atoms with Crippen molar-refractivity contribution in [1.82, 2.24) is 29.6 Å². The van der Waals surface area contributed by atoms with Crippen LogP contribution in [0.15, 0.2) is 72.8 Å². The Morgan fingerprint density at radius 1 is 0.778 bits per heavy atom. The minimum Gasteiger partial charge on any atom is -0.355 e. The second-order valence-electron chi connectivity index (χ2n) is 9.70. The third kappa shape index (κ3) is 4.68. The smallest absolute Gasteiger partial charge is 0.225 e. The van der Waals surface area contributed by atoms with Crippen LogP contribution in [0.5, 0.6) is 0 Å². The Hall–Kier alpha value is -3.78. The lowest BCUT2D eigenvalue weighted by molar-refractivity contribution is -0.138. The molecule has 4 aromatic rings. The van der Waals surface area contributed by atoms with E-state index >= 15 is 0 Å². The van der Waals surface area contributed by atoms with Crippen LogP contribution >= 0.6 is 0 Å². The summed E-state index contributed by atoms with van der Waals surface area (Å²) in [5, 5.41) is 13.5. The van der Waals surface area contributed by atoms with Crippen LogP contribution in [0, 0.1) is 5.92 Å². The molecule has 2 aromatic carbocycles. The van der Waals surface area contributed by atoms with Crippen molar-refractivity contribution in [2.24, 2.45) is 5.92 Å². The summed E-state index contributed by atoms with van der Waals surface area (Å²) < 4.78 is 1.82. The number of carbonyl (C=O) groups is 1. The minimum atomic E-state index is 0.0976. The minimum absolute atomic E-state index is 0.0976. The van der Waals surface area contributed by atoms with E-state index in [1.54, 1.807) is 0 Å². The van der Waals surface area contributed by atoms with Gasteiger partial charge in [0, 0.05) is 57.3 Å². The molecule has 4 heterocycles. The summed E-state index contributed by atoms with van der Waals surface area (Å²) in [5.41, 5.74) is 3.05. The molecule has 36 heavy (non-hydrogen) atoms. The molecule has 8 nitrogen and oxygen atoms in total. The number of piperidine rings is 1. The number of benzene rings is 2. The van der Waals surface area contributed by atoms with Crippen LogP contribution in [0.4, 0.5) is 5.82 Å². The number of piperazine rings is 1. The zero-order valence-electron chi connectivity index (χ0n) is 20.4. The summed E-state index contributed by atoms with van der Waals surface area (Å²) in [6.45, 7) is 6.12. The summed E-state index contributed by atoms with van der Waals surface area (Å²) in [4.78, 5) is 20.1. The van der Waals surface area contributed by atoms with E-state index in [1.165, 1.54) is 5.56 Å². The largest absolute Gasteiger partial charge is 0.355 e. The van der Waals surface area contributed by atoms with Gasteiger partial charge in [-0.3, -0.25) is 9.69 Å². The maximum Gasteiger partial charge on any atom is 0.225 e. The van der Waals surface area contributed by atoms with Crippen molar-refractivity contribution >= 4 is 17.4 Å². The third-order valence-electron chi connectivity index (χ3n) is 7.38. The van der Waals surface area contributed by atoms with Gasteiger partial charge in [-0.1, -0.05) is 60.7 Å². The molecule has 0 atom stereocenters. The summed E-state index contributed by atoms with van der Waals surface area (Å²) in [6.07, 6.45) is 1.72. The fraction of sp³-hybridized carbons (Fsp3) is 0.357. The summed E-state index contributed by atoms with van der Waals surface area (Å²) in [6, 6.07) is 24.5. The van der Waals surface area contributed by atoms with Gasteiger partial charge in [-0.05, 0) is 30.5 Å². The molecule has 1 amide bonds. The maximum atomic E-state index is 13.3. The van der Waals surface area contributed by atoms with Gasteiger partial charge >= 0.3 is 0 Å². The highest BCUT2D eigenvalue weighted by Crippen LogP contribution is 2.25. The number of nitrogens with zero attached hydrogens (tertiary/aromatic N) is 7. The standard InChI is InChI=1S/C28H31N7O/c36-28(34-19-17-32(18-20-34)21-22-7-3-1-4-8-22)24-13-15-33(16-14-24)26-12-11-25-29-30-27(35(25)31-26)23-9-5-2-6-10-23/h1-12,24H,13-21H2. The Morgan fingerprint density at radius 3 is 2.19 bits per heavy atom. The number of fused-ring (bicyclic) bond motifs is 1. The molecule has 0 bridgehead atoms. The van der Waals surface area contributed by atoms with Crippen molar-refractivity contribution < 1.29 is 4.79 Å². The molecular formula is C28H31N7O. The molecule has 0 N–H and O–H groups in total. The van der Waals surface area contributed by atoms with Crippen LogP contribution in [0.25, 0.3) is 17.0 Å². The van der Waals surface area contributed by atoms with E-state index in [0.717, 1.165) is 81.5 Å². The normalized spacial score (nSPS) is 17.6. The van der Waals surface area contributed by atoms with Crippen LogP contribution in [-0.4, -0.2) is 74.8 Å². The van der Waals surface area contributed by atoms with Crippen molar-refractivity contribution in [3.05, 3.63) is 78.4 Å². The summed E-state index contributed by atoms with van der Waals surface area (Å²) >= 11 is 0. The number of anilines is 1. The third-order valence-corrected chi connectivity index (χ3v) is 7.38. The first kappa shape index (κ1) is 22.7. The van der Waals surface area contributed by atoms with Crippen molar-refractivity contribution in [2.45, 2.75) is 19.4 Å². The quantitative estimate of drug-likeness (QED) is 0.436. The van der Waals surface area contributed by atoms with E-state index in [9.17, 15) is 4.79 Å². The predicted molar refractivity (Wildman–Crippen MR) is 139 cm³/mol. The van der Waals surface area contributed by atoms with E-state index in [1.807, 2.05) is 47.0 Å². The zero-order valence-corrected chi connectivity index (χ0v) is 20.4. The van der Waals surface area contributed by atoms with Gasteiger partial charge < -0.3 is 9.80 Å². The number of hydrogen-bond acceptors (Lipinski definition) is 6. The molecule has 6 rings (SSSR count). The summed E-state index contributed by atoms with van der Waals surface area (Å²) in [5.74, 6) is 2.06. The van der Waals surface area contributed by atoms with Gasteiger partial charge in [0.25, 0.3) is 0 Å². The van der Waals surface area contributed by atoms with Crippen LogP contribution in [0.3, 0.4) is 0 Å². The highest BCUT2D eigenvalue weighted by Gasteiger charge is 2.31. The second-order valence-corrected chi connectivity index (χ2v) is 9.70. The van der Waals surface area contributed by atoms with Gasteiger partial charge in [-0.25, -0.2) is 0 Å². The van der Waals surface area contributed by atoms with Crippen molar-refractivity contribution in [1.29, 1.82) is 0 Å². The molecule has 2 aliphatic rings. The van der Waals surface area contributed by atoms with Gasteiger partial charge in [0.05, 0.1) is 0 Å². The molecule has 0 aliphatic carbocycles. The maximum absolute atomic E-state index is 13.3. The van der Waals surface area contributed by atoms with Crippen LogP contribution in [-0.2, 0) is 11.3 Å². The highest BCUT2D eigenvalue weighted by molar-refractivity contribution is 5.79. The van der Waals surface area contributed by atoms with E-state index in [-0.39, 0.29) is 5.92 Å². The second kappa shape index (κ2) is 10.1. The first-order chi connectivity index (χ1) is 17.7. The van der Waals surface area contributed by atoms with Crippen molar-refractivity contribution in [3.8, 4) is 11.4 Å². The number of rotatable bonds is 5. The van der Waals surface area contributed by atoms with Gasteiger partial charge in [0.15, 0.2) is 11.5 Å². The van der Waals surface area contributed by atoms with Gasteiger partial charge in [-0.15, -0.1) is 15.3 Å². The van der Waals surface area contributed by atoms with Crippen LogP contribution in [0.1, 0.15) is 18.4 Å². The monoisotopic (exact) mass is 481 g/mol. The SMILES string of the molecule is O=C(C1CCN(c2ccc3nnc(-c4ccccc4)n3n2)CC1)N1CCN(Cc2ccccc2)CC1. The molecule has 2 saturated heterocycles. The van der Waals surface area contributed by atoms with E-state index in [2.05, 4.69) is 55.2 Å². The van der Waals surface area contributed by atoms with Crippen LogP contribution < -0.4 is 4.90 Å². The van der Waals surface area contributed by atoms with E-state index < -0.39 is 0 Å². The molecule has 0 spiro atoms. The Labute approximate surface area is 211 Å². The van der Waals surface area contributed by atoms with Gasteiger partial charge in [0.2, 0.25) is 5.91 Å². The molecular weight excluding hydrogens is 450 g/mol. The van der Waals surface area contributed by atoms with Crippen molar-refractivity contribution in [2.75, 3.05) is 44.2 Å². The average molecular weight is 482 g/mol. The average Bonchev–Trinajstić information content (AvgIpc) is 3.38. The Bertz CT molecular complexity index is 1310. The molecule has 0 saturated carbocycles. The predicted octanol–water partition coefficient (Wildman–Crippen LogP) is 3.35. The molecule has 184 valence electrons. The van der Waals surface area contributed by atoms with E-state index in [4.69, 9.17) is 5.10 Å². The van der Waals surface area contributed by atoms with Gasteiger partial charge in [0.1, 0.15) is 5.82 Å². The summed E-state index contributed by atoms with van der Waals surface area (Å²) in [7, 11) is 0. The molecule has 0 radical (unpaired) electrons. The van der Waals surface area contributed by atoms with Crippen LogP contribution in [0.2, 0.25) is 0 Å². The fourth-order valence-electron chi connectivity index (χ4n) is 5.30. The molecule has 2 aromatic heterocycles. The lowest BCUT2D eigenvalue weighted by atomic mass is 9.95. The fourth-order valence-corrected chi connectivity index (χ4v) is 5.30. The Morgan fingerprint density at radius 2 is 1.47 bits per heavy atom. The molecule has 2 fully saturated rings. The zero-order chi connectivity index (χ0) is 24.3. The molecule has 8 heteroatoms.